The van der Waals surface area contributed by atoms with Crippen LogP contribution >= 0.6 is 23.2 Å². The van der Waals surface area contributed by atoms with Crippen molar-refractivity contribution in [1.29, 1.82) is 0 Å². The molecule has 0 fully saturated rings. The molecular formula is C9H10AuCl2N2O. The van der Waals surface area contributed by atoms with Gasteiger partial charge in [-0.05, 0) is 18.2 Å². The zero-order valence-corrected chi connectivity index (χ0v) is 11.8. The standard InChI is InChI=1S/C9H10Cl2N2O.Au/c1-13(2)9(14)12-6-3-4-7(10)8(11)5-6;/h3-5H,1-2H3,(H,12,14);. The molecular weight excluding hydrogens is 420 g/mol. The van der Waals surface area contributed by atoms with Gasteiger partial charge >= 0.3 is 6.03 Å². The first-order chi connectivity index (χ1) is 6.50. The van der Waals surface area contributed by atoms with Crippen LogP contribution in [-0.2, 0) is 22.4 Å². The fourth-order valence-electron chi connectivity index (χ4n) is 0.809. The third-order valence-corrected chi connectivity index (χ3v) is 2.32. The maximum absolute atomic E-state index is 11.2. The van der Waals surface area contributed by atoms with E-state index in [-0.39, 0.29) is 28.4 Å². The van der Waals surface area contributed by atoms with Gasteiger partial charge in [0.05, 0.1) is 10.0 Å². The largest absolute Gasteiger partial charge is 0.331 e. The van der Waals surface area contributed by atoms with E-state index in [0.717, 1.165) is 0 Å². The smallest absolute Gasteiger partial charge is 0.321 e. The number of urea groups is 1. The molecule has 3 nitrogen and oxygen atoms in total. The number of carbonyl (C=O) groups excluding carboxylic acids is 1. The Balaban J connectivity index is 0.00000196. The quantitative estimate of drug-likeness (QED) is 0.683. The second kappa shape index (κ2) is 6.41. The van der Waals surface area contributed by atoms with Crippen molar-refractivity contribution in [3.63, 3.8) is 0 Å². The normalized spacial score (nSPS) is 9.07. The summed E-state index contributed by atoms with van der Waals surface area (Å²) in [5.74, 6) is 0. The van der Waals surface area contributed by atoms with E-state index in [4.69, 9.17) is 23.2 Å². The molecule has 0 aliphatic carbocycles. The van der Waals surface area contributed by atoms with E-state index in [1.54, 1.807) is 32.3 Å². The predicted molar refractivity (Wildman–Crippen MR) is 59.2 cm³/mol. The van der Waals surface area contributed by atoms with E-state index in [1.807, 2.05) is 0 Å². The van der Waals surface area contributed by atoms with Crippen molar-refractivity contribution in [1.82, 2.24) is 4.90 Å². The van der Waals surface area contributed by atoms with Crippen LogP contribution in [0.1, 0.15) is 0 Å². The summed E-state index contributed by atoms with van der Waals surface area (Å²) in [5.41, 5.74) is 0.623. The third-order valence-electron chi connectivity index (χ3n) is 1.58. The molecule has 15 heavy (non-hydrogen) atoms. The van der Waals surface area contributed by atoms with Crippen LogP contribution in [0, 0.1) is 0 Å². The monoisotopic (exact) mass is 429 g/mol. The van der Waals surface area contributed by atoms with Crippen molar-refractivity contribution in [2.75, 3.05) is 19.4 Å². The Bertz CT molecular complexity index is 358. The summed E-state index contributed by atoms with van der Waals surface area (Å²) in [6.07, 6.45) is 0. The maximum atomic E-state index is 11.2. The van der Waals surface area contributed by atoms with E-state index >= 15 is 0 Å². The average Bonchev–Trinajstić information content (AvgIpc) is 2.11. The molecule has 0 saturated heterocycles. The molecule has 6 heteroatoms. The summed E-state index contributed by atoms with van der Waals surface area (Å²) in [7, 11) is 3.32. The first kappa shape index (κ1) is 14.8. The fraction of sp³-hybridized carbons (Fsp3) is 0.222. The number of benzene rings is 1. The topological polar surface area (TPSA) is 32.3 Å². The number of anilines is 1. The van der Waals surface area contributed by atoms with Gasteiger partial charge in [-0.1, -0.05) is 23.2 Å². The SMILES string of the molecule is CN(C)C(=O)Nc1ccc(Cl)c(Cl)c1.[Au]. The first-order valence-electron chi connectivity index (χ1n) is 3.94. The van der Waals surface area contributed by atoms with Gasteiger partial charge in [-0.2, -0.15) is 0 Å². The van der Waals surface area contributed by atoms with Gasteiger partial charge in [0.2, 0.25) is 0 Å². The van der Waals surface area contributed by atoms with E-state index in [0.29, 0.717) is 15.7 Å². The Hall–Kier alpha value is -0.190. The average molecular weight is 430 g/mol. The Morgan fingerprint density at radius 3 is 2.33 bits per heavy atom. The van der Waals surface area contributed by atoms with Gasteiger partial charge in [0.1, 0.15) is 0 Å². The number of nitrogens with one attached hydrogen (secondary N) is 1. The zero-order valence-electron chi connectivity index (χ0n) is 8.14. The second-order valence-corrected chi connectivity index (χ2v) is 3.77. The van der Waals surface area contributed by atoms with Crippen molar-refractivity contribution < 1.29 is 27.2 Å². The molecule has 0 spiro atoms. The summed E-state index contributed by atoms with van der Waals surface area (Å²) in [5, 5.41) is 3.54. The predicted octanol–water partition coefficient (Wildman–Crippen LogP) is 3.08. The van der Waals surface area contributed by atoms with Crippen LogP contribution in [-0.4, -0.2) is 25.0 Å². The minimum atomic E-state index is -0.205. The van der Waals surface area contributed by atoms with Gasteiger partial charge in [0.25, 0.3) is 0 Å². The van der Waals surface area contributed by atoms with Crippen molar-refractivity contribution >= 4 is 34.9 Å². The van der Waals surface area contributed by atoms with Gasteiger partial charge in [0, 0.05) is 42.2 Å². The van der Waals surface area contributed by atoms with E-state index in [2.05, 4.69) is 5.32 Å². The van der Waals surface area contributed by atoms with Crippen LogP contribution in [0.3, 0.4) is 0 Å². The number of hydrogen-bond acceptors (Lipinski definition) is 1. The van der Waals surface area contributed by atoms with Crippen LogP contribution in [0.4, 0.5) is 10.5 Å². The van der Waals surface area contributed by atoms with Crippen molar-refractivity contribution in [3.8, 4) is 0 Å². The summed E-state index contributed by atoms with van der Waals surface area (Å²) in [6.45, 7) is 0. The second-order valence-electron chi connectivity index (χ2n) is 2.95. The number of rotatable bonds is 1. The van der Waals surface area contributed by atoms with Crippen LogP contribution in [0.25, 0.3) is 0 Å². The summed E-state index contributed by atoms with van der Waals surface area (Å²) >= 11 is 11.5. The van der Waals surface area contributed by atoms with Crippen LogP contribution in [0.15, 0.2) is 18.2 Å². The number of halogens is 2. The molecule has 0 saturated carbocycles. The fourth-order valence-corrected chi connectivity index (χ4v) is 1.11. The molecule has 0 aliphatic rings. The number of hydrogen-bond donors (Lipinski definition) is 1. The van der Waals surface area contributed by atoms with Gasteiger partial charge in [-0.15, -0.1) is 0 Å². The Kier molecular flexibility index (Phi) is 6.32. The van der Waals surface area contributed by atoms with Crippen molar-refractivity contribution in [2.45, 2.75) is 0 Å². The first-order valence-corrected chi connectivity index (χ1v) is 4.69. The summed E-state index contributed by atoms with van der Waals surface area (Å²) in [4.78, 5) is 12.7. The molecule has 0 heterocycles. The number of amides is 2. The van der Waals surface area contributed by atoms with Gasteiger partial charge in [-0.25, -0.2) is 4.79 Å². The summed E-state index contributed by atoms with van der Waals surface area (Å²) in [6, 6.07) is 4.72. The van der Waals surface area contributed by atoms with Crippen LogP contribution < -0.4 is 5.32 Å². The molecule has 1 radical (unpaired) electrons. The molecule has 87 valence electrons. The van der Waals surface area contributed by atoms with E-state index in [9.17, 15) is 4.79 Å². The van der Waals surface area contributed by atoms with E-state index in [1.165, 1.54) is 4.90 Å². The molecule has 1 rings (SSSR count). The molecule has 0 unspecified atom stereocenters. The summed E-state index contributed by atoms with van der Waals surface area (Å²) < 4.78 is 0. The number of nitrogens with zero attached hydrogens (tertiary/aromatic N) is 1. The minimum absolute atomic E-state index is 0. The van der Waals surface area contributed by atoms with Crippen LogP contribution in [0.2, 0.25) is 10.0 Å². The van der Waals surface area contributed by atoms with Gasteiger partial charge in [-0.3, -0.25) is 0 Å². The van der Waals surface area contributed by atoms with Gasteiger partial charge in [0.15, 0.2) is 0 Å². The third kappa shape index (κ3) is 4.45. The minimum Gasteiger partial charge on any atom is -0.331 e. The number of carbonyl (C=O) groups is 1. The maximum Gasteiger partial charge on any atom is 0.321 e. The Morgan fingerprint density at radius 2 is 1.87 bits per heavy atom. The Morgan fingerprint density at radius 1 is 1.27 bits per heavy atom. The molecule has 0 atom stereocenters. The molecule has 0 aromatic heterocycles. The van der Waals surface area contributed by atoms with E-state index < -0.39 is 0 Å². The Labute approximate surface area is 114 Å². The molecule has 2 amide bonds. The molecule has 0 aliphatic heterocycles. The molecule has 1 aromatic carbocycles. The molecule has 1 aromatic rings. The van der Waals surface area contributed by atoms with Gasteiger partial charge < -0.3 is 10.2 Å². The van der Waals surface area contributed by atoms with Crippen LogP contribution in [0.5, 0.6) is 0 Å². The molecule has 1 N–H and O–H groups in total. The molecule has 0 bridgehead atoms. The van der Waals surface area contributed by atoms with Crippen molar-refractivity contribution in [2.24, 2.45) is 0 Å². The zero-order chi connectivity index (χ0) is 10.7. The van der Waals surface area contributed by atoms with Crippen molar-refractivity contribution in [3.05, 3.63) is 28.2 Å².